The van der Waals surface area contributed by atoms with Crippen LogP contribution >= 0.6 is 11.6 Å². The zero-order valence-corrected chi connectivity index (χ0v) is 12.0. The summed E-state index contributed by atoms with van der Waals surface area (Å²) in [6.07, 6.45) is 3.36. The van der Waals surface area contributed by atoms with E-state index in [1.165, 1.54) is 11.1 Å². The average Bonchev–Trinajstić information content (AvgIpc) is 2.45. The fourth-order valence-corrected chi connectivity index (χ4v) is 2.58. The summed E-state index contributed by atoms with van der Waals surface area (Å²) in [4.78, 5) is 0. The summed E-state index contributed by atoms with van der Waals surface area (Å²) >= 11 is 6.00. The van der Waals surface area contributed by atoms with Crippen LogP contribution in [0.5, 0.6) is 0 Å². The zero-order valence-electron chi connectivity index (χ0n) is 11.3. The lowest BCUT2D eigenvalue weighted by Gasteiger charge is -2.16. The van der Waals surface area contributed by atoms with Gasteiger partial charge in [0.1, 0.15) is 0 Å². The summed E-state index contributed by atoms with van der Waals surface area (Å²) in [5, 5.41) is 4.21. The maximum atomic E-state index is 6.00. The van der Waals surface area contributed by atoms with Crippen molar-refractivity contribution in [3.05, 3.63) is 70.7 Å². The van der Waals surface area contributed by atoms with Crippen molar-refractivity contribution in [2.75, 3.05) is 7.05 Å². The first-order chi connectivity index (χ1) is 9.29. The molecule has 0 aliphatic heterocycles. The van der Waals surface area contributed by atoms with Gasteiger partial charge in [-0.15, -0.1) is 0 Å². The maximum Gasteiger partial charge on any atom is 0.0408 e. The molecule has 2 rings (SSSR count). The van der Waals surface area contributed by atoms with Crippen LogP contribution < -0.4 is 5.32 Å². The Balaban J connectivity index is 1.87. The number of nitrogens with one attached hydrogen (secondary N) is 1. The highest BCUT2D eigenvalue weighted by atomic mass is 35.5. The van der Waals surface area contributed by atoms with Gasteiger partial charge >= 0.3 is 0 Å². The molecule has 1 nitrogen and oxygen atoms in total. The second-order valence-electron chi connectivity index (χ2n) is 4.77. The van der Waals surface area contributed by atoms with Crippen LogP contribution in [0.3, 0.4) is 0 Å². The van der Waals surface area contributed by atoms with Gasteiger partial charge in [0.2, 0.25) is 0 Å². The molecular weight excluding hydrogens is 254 g/mol. The number of hydrogen-bond donors (Lipinski definition) is 1. The molecule has 0 bridgehead atoms. The standard InChI is InChI=1S/C17H20ClN/c1-19-17(15-9-3-2-4-10-15)12-6-8-14-7-5-11-16(18)13-14/h2-5,7,9-11,13,17,19H,6,8,12H2,1H3. The molecule has 2 heteroatoms. The number of hydrogen-bond acceptors (Lipinski definition) is 1. The maximum absolute atomic E-state index is 6.00. The predicted octanol–water partition coefficient (Wildman–Crippen LogP) is 4.62. The van der Waals surface area contributed by atoms with E-state index >= 15 is 0 Å². The molecule has 0 spiro atoms. The number of halogens is 1. The van der Waals surface area contributed by atoms with Crippen molar-refractivity contribution in [2.45, 2.75) is 25.3 Å². The molecule has 1 atom stereocenters. The first kappa shape index (κ1) is 14.1. The predicted molar refractivity (Wildman–Crippen MR) is 82.6 cm³/mol. The van der Waals surface area contributed by atoms with Crippen molar-refractivity contribution in [3.8, 4) is 0 Å². The molecule has 0 aromatic heterocycles. The van der Waals surface area contributed by atoms with E-state index in [4.69, 9.17) is 11.6 Å². The summed E-state index contributed by atoms with van der Waals surface area (Å²) < 4.78 is 0. The highest BCUT2D eigenvalue weighted by molar-refractivity contribution is 6.30. The minimum atomic E-state index is 0.431. The third-order valence-electron chi connectivity index (χ3n) is 3.40. The van der Waals surface area contributed by atoms with Crippen LogP contribution in [-0.2, 0) is 6.42 Å². The third kappa shape index (κ3) is 4.38. The van der Waals surface area contributed by atoms with Gasteiger partial charge in [-0.1, -0.05) is 54.1 Å². The van der Waals surface area contributed by atoms with E-state index in [1.54, 1.807) is 0 Å². The van der Waals surface area contributed by atoms with Crippen LogP contribution in [0.4, 0.5) is 0 Å². The van der Waals surface area contributed by atoms with Gasteiger partial charge in [-0.05, 0) is 49.6 Å². The Labute approximate surface area is 120 Å². The van der Waals surface area contributed by atoms with Crippen LogP contribution in [0.15, 0.2) is 54.6 Å². The first-order valence-electron chi connectivity index (χ1n) is 6.76. The smallest absolute Gasteiger partial charge is 0.0408 e. The molecule has 100 valence electrons. The van der Waals surface area contributed by atoms with Crippen LogP contribution in [0.25, 0.3) is 0 Å². The van der Waals surface area contributed by atoms with Gasteiger partial charge in [0.15, 0.2) is 0 Å². The SMILES string of the molecule is CNC(CCCc1cccc(Cl)c1)c1ccccc1. The molecule has 2 aromatic carbocycles. The van der Waals surface area contributed by atoms with Crippen molar-refractivity contribution in [3.63, 3.8) is 0 Å². The summed E-state index contributed by atoms with van der Waals surface area (Å²) in [5.74, 6) is 0. The van der Waals surface area contributed by atoms with E-state index in [2.05, 4.69) is 47.8 Å². The summed E-state index contributed by atoms with van der Waals surface area (Å²) in [7, 11) is 2.02. The van der Waals surface area contributed by atoms with E-state index < -0.39 is 0 Å². The summed E-state index contributed by atoms with van der Waals surface area (Å²) in [6.45, 7) is 0. The van der Waals surface area contributed by atoms with Crippen LogP contribution in [0.2, 0.25) is 5.02 Å². The van der Waals surface area contributed by atoms with Crippen molar-refractivity contribution in [1.29, 1.82) is 0 Å². The quantitative estimate of drug-likeness (QED) is 0.810. The highest BCUT2D eigenvalue weighted by Gasteiger charge is 2.08. The third-order valence-corrected chi connectivity index (χ3v) is 3.63. The van der Waals surface area contributed by atoms with Crippen molar-refractivity contribution in [1.82, 2.24) is 5.32 Å². The van der Waals surface area contributed by atoms with Crippen LogP contribution in [0, 0.1) is 0 Å². The van der Waals surface area contributed by atoms with Crippen molar-refractivity contribution >= 4 is 11.6 Å². The van der Waals surface area contributed by atoms with Crippen molar-refractivity contribution < 1.29 is 0 Å². The van der Waals surface area contributed by atoms with Gasteiger partial charge in [-0.25, -0.2) is 0 Å². The molecule has 1 unspecified atom stereocenters. The van der Waals surface area contributed by atoms with Gasteiger partial charge in [-0.3, -0.25) is 0 Å². The Morgan fingerprint density at radius 3 is 2.53 bits per heavy atom. The molecule has 0 aliphatic carbocycles. The van der Waals surface area contributed by atoms with Gasteiger partial charge in [0, 0.05) is 11.1 Å². The van der Waals surface area contributed by atoms with E-state index in [0.29, 0.717) is 6.04 Å². The molecule has 0 saturated carbocycles. The fraction of sp³-hybridized carbons (Fsp3) is 0.294. The minimum absolute atomic E-state index is 0.431. The number of benzene rings is 2. The normalized spacial score (nSPS) is 12.3. The van der Waals surface area contributed by atoms with Crippen molar-refractivity contribution in [2.24, 2.45) is 0 Å². The van der Waals surface area contributed by atoms with E-state index in [9.17, 15) is 0 Å². The molecule has 1 N–H and O–H groups in total. The Kier molecular flexibility index (Phi) is 5.44. The van der Waals surface area contributed by atoms with Gasteiger partial charge < -0.3 is 5.32 Å². The average molecular weight is 274 g/mol. The largest absolute Gasteiger partial charge is 0.313 e. The first-order valence-corrected chi connectivity index (χ1v) is 7.14. The fourth-order valence-electron chi connectivity index (χ4n) is 2.37. The zero-order chi connectivity index (χ0) is 13.5. The van der Waals surface area contributed by atoms with Crippen LogP contribution in [-0.4, -0.2) is 7.05 Å². The van der Waals surface area contributed by atoms with Gasteiger partial charge in [0.25, 0.3) is 0 Å². The lowest BCUT2D eigenvalue weighted by atomic mass is 9.99. The van der Waals surface area contributed by atoms with Crippen LogP contribution in [0.1, 0.15) is 30.0 Å². The molecular formula is C17H20ClN. The van der Waals surface area contributed by atoms with E-state index in [0.717, 1.165) is 24.3 Å². The van der Waals surface area contributed by atoms with E-state index in [1.807, 2.05) is 19.2 Å². The molecule has 0 heterocycles. The number of rotatable bonds is 6. The topological polar surface area (TPSA) is 12.0 Å². The number of aryl methyl sites for hydroxylation is 1. The van der Waals surface area contributed by atoms with Gasteiger partial charge in [-0.2, -0.15) is 0 Å². The molecule has 0 saturated heterocycles. The Hall–Kier alpha value is -1.31. The monoisotopic (exact) mass is 273 g/mol. The Morgan fingerprint density at radius 2 is 1.84 bits per heavy atom. The molecule has 2 aromatic rings. The summed E-state index contributed by atoms with van der Waals surface area (Å²) in [6, 6.07) is 19.2. The molecule has 0 radical (unpaired) electrons. The lowest BCUT2D eigenvalue weighted by Crippen LogP contribution is -2.16. The van der Waals surface area contributed by atoms with Gasteiger partial charge in [0.05, 0.1) is 0 Å². The minimum Gasteiger partial charge on any atom is -0.313 e. The summed E-state index contributed by atoms with van der Waals surface area (Å²) in [5.41, 5.74) is 2.67. The molecule has 19 heavy (non-hydrogen) atoms. The Bertz CT molecular complexity index is 496. The highest BCUT2D eigenvalue weighted by Crippen LogP contribution is 2.20. The molecule has 0 aliphatic rings. The molecule has 0 amide bonds. The second-order valence-corrected chi connectivity index (χ2v) is 5.21. The lowest BCUT2D eigenvalue weighted by molar-refractivity contribution is 0.527. The second kappa shape index (κ2) is 7.32. The van der Waals surface area contributed by atoms with E-state index in [-0.39, 0.29) is 0 Å². The molecule has 0 fully saturated rings. The Morgan fingerprint density at radius 1 is 1.05 bits per heavy atom.